The largest absolute Gasteiger partial charge is 0.381 e. The summed E-state index contributed by atoms with van der Waals surface area (Å²) in [6.45, 7) is 6.34. The van der Waals surface area contributed by atoms with E-state index >= 15 is 0 Å². The maximum Gasteiger partial charge on any atom is 0.237 e. The highest BCUT2D eigenvalue weighted by Crippen LogP contribution is 2.32. The fourth-order valence-corrected chi connectivity index (χ4v) is 2.87. The van der Waals surface area contributed by atoms with Gasteiger partial charge in [-0.3, -0.25) is 4.79 Å². The standard InChI is InChI=1S/C13H26N2O2S.ClH/c1-4-10(2)11(14)12(16)15-9-13(18-3)5-7-17-8-6-13;/h10-11H,4-9,14H2,1-3H3,(H,15,16);1H. The highest BCUT2D eigenvalue weighted by molar-refractivity contribution is 8.00. The van der Waals surface area contributed by atoms with E-state index in [4.69, 9.17) is 10.5 Å². The number of thioether (sulfide) groups is 1. The fourth-order valence-electron chi connectivity index (χ4n) is 2.07. The van der Waals surface area contributed by atoms with Crippen molar-refractivity contribution in [1.29, 1.82) is 0 Å². The number of halogens is 1. The number of nitrogens with one attached hydrogen (secondary N) is 1. The van der Waals surface area contributed by atoms with E-state index in [1.807, 2.05) is 18.7 Å². The number of hydrogen-bond donors (Lipinski definition) is 2. The summed E-state index contributed by atoms with van der Waals surface area (Å²) in [7, 11) is 0. The number of nitrogens with two attached hydrogens (primary N) is 1. The first kappa shape index (κ1) is 19.0. The van der Waals surface area contributed by atoms with Gasteiger partial charge in [0.2, 0.25) is 5.91 Å². The predicted octanol–water partition coefficient (Wildman–Crippen LogP) is 1.81. The van der Waals surface area contributed by atoms with Gasteiger partial charge in [-0.2, -0.15) is 11.8 Å². The maximum atomic E-state index is 12.0. The Morgan fingerprint density at radius 2 is 2.05 bits per heavy atom. The number of ether oxygens (including phenoxy) is 1. The minimum Gasteiger partial charge on any atom is -0.381 e. The third kappa shape index (κ3) is 5.50. The van der Waals surface area contributed by atoms with Crippen molar-refractivity contribution in [2.45, 2.75) is 43.9 Å². The summed E-state index contributed by atoms with van der Waals surface area (Å²) in [6, 6.07) is -0.395. The van der Waals surface area contributed by atoms with Crippen molar-refractivity contribution in [2.24, 2.45) is 11.7 Å². The van der Waals surface area contributed by atoms with Gasteiger partial charge in [0.15, 0.2) is 0 Å². The average molecular weight is 311 g/mol. The minimum absolute atomic E-state index is 0. The molecule has 0 aromatic heterocycles. The molecule has 1 fully saturated rings. The van der Waals surface area contributed by atoms with Crippen LogP contribution in [-0.4, -0.2) is 42.7 Å². The fraction of sp³-hybridized carbons (Fsp3) is 0.923. The normalized spacial score (nSPS) is 21.1. The van der Waals surface area contributed by atoms with Gasteiger partial charge in [0.25, 0.3) is 0 Å². The molecule has 2 unspecified atom stereocenters. The molecule has 1 amide bonds. The number of carbonyl (C=O) groups is 1. The molecule has 2 atom stereocenters. The quantitative estimate of drug-likeness (QED) is 0.785. The lowest BCUT2D eigenvalue weighted by atomic mass is 9.97. The van der Waals surface area contributed by atoms with Crippen LogP contribution in [0.1, 0.15) is 33.1 Å². The van der Waals surface area contributed by atoms with E-state index in [0.29, 0.717) is 6.54 Å². The van der Waals surface area contributed by atoms with E-state index in [1.54, 1.807) is 0 Å². The smallest absolute Gasteiger partial charge is 0.237 e. The Bertz CT molecular complexity index is 273. The Balaban J connectivity index is 0.00000324. The Hall–Kier alpha value is 0.0300. The van der Waals surface area contributed by atoms with E-state index in [9.17, 15) is 4.79 Å². The molecule has 6 heteroatoms. The molecule has 0 aromatic carbocycles. The van der Waals surface area contributed by atoms with Gasteiger partial charge in [-0.15, -0.1) is 12.4 Å². The summed E-state index contributed by atoms with van der Waals surface area (Å²) >= 11 is 1.83. The van der Waals surface area contributed by atoms with Crippen molar-refractivity contribution < 1.29 is 9.53 Å². The zero-order chi connectivity index (χ0) is 13.6. The van der Waals surface area contributed by atoms with Gasteiger partial charge in [0, 0.05) is 24.5 Å². The highest BCUT2D eigenvalue weighted by atomic mass is 35.5. The molecule has 0 radical (unpaired) electrons. The lowest BCUT2D eigenvalue weighted by molar-refractivity contribution is -0.123. The van der Waals surface area contributed by atoms with Crippen molar-refractivity contribution in [3.8, 4) is 0 Å². The summed E-state index contributed by atoms with van der Waals surface area (Å²) in [5.74, 6) is 0.203. The number of rotatable bonds is 6. The molecule has 0 aliphatic carbocycles. The molecule has 1 aliphatic rings. The van der Waals surface area contributed by atoms with Crippen LogP contribution >= 0.6 is 24.2 Å². The molecule has 114 valence electrons. The van der Waals surface area contributed by atoms with Crippen LogP contribution in [0.4, 0.5) is 0 Å². The molecule has 4 nitrogen and oxygen atoms in total. The molecular weight excluding hydrogens is 284 g/mol. The minimum atomic E-state index is -0.395. The van der Waals surface area contributed by atoms with E-state index in [1.165, 1.54) is 0 Å². The van der Waals surface area contributed by atoms with Crippen LogP contribution in [-0.2, 0) is 9.53 Å². The Kier molecular flexibility index (Phi) is 9.07. The van der Waals surface area contributed by atoms with Crippen LogP contribution < -0.4 is 11.1 Å². The molecule has 1 saturated heterocycles. The van der Waals surface area contributed by atoms with Gasteiger partial charge in [0.05, 0.1) is 6.04 Å². The average Bonchev–Trinajstić information content (AvgIpc) is 2.44. The van der Waals surface area contributed by atoms with Crippen molar-refractivity contribution in [2.75, 3.05) is 26.0 Å². The highest BCUT2D eigenvalue weighted by Gasteiger charge is 2.32. The molecular formula is C13H27ClN2O2S. The zero-order valence-corrected chi connectivity index (χ0v) is 13.7. The number of hydrogen-bond acceptors (Lipinski definition) is 4. The molecule has 3 N–H and O–H groups in total. The maximum absolute atomic E-state index is 12.0. The summed E-state index contributed by atoms with van der Waals surface area (Å²) in [6.07, 6.45) is 5.02. The Morgan fingerprint density at radius 1 is 1.47 bits per heavy atom. The third-order valence-electron chi connectivity index (χ3n) is 3.98. The van der Waals surface area contributed by atoms with E-state index in [2.05, 4.69) is 18.5 Å². The second kappa shape index (κ2) is 9.06. The molecule has 19 heavy (non-hydrogen) atoms. The molecule has 0 bridgehead atoms. The second-order valence-corrected chi connectivity index (χ2v) is 6.40. The van der Waals surface area contributed by atoms with Gasteiger partial charge in [0.1, 0.15) is 0 Å². The number of amides is 1. The van der Waals surface area contributed by atoms with Crippen LogP contribution in [0.3, 0.4) is 0 Å². The van der Waals surface area contributed by atoms with E-state index in [-0.39, 0.29) is 29.0 Å². The van der Waals surface area contributed by atoms with Crippen molar-refractivity contribution in [1.82, 2.24) is 5.32 Å². The second-order valence-electron chi connectivity index (χ2n) is 5.13. The number of carbonyl (C=O) groups excluding carboxylic acids is 1. The first-order valence-electron chi connectivity index (χ1n) is 6.71. The SMILES string of the molecule is CCC(C)C(N)C(=O)NCC1(SC)CCOCC1.Cl. The monoisotopic (exact) mass is 310 g/mol. The van der Waals surface area contributed by atoms with Gasteiger partial charge >= 0.3 is 0 Å². The van der Waals surface area contributed by atoms with Gasteiger partial charge in [-0.05, 0) is 25.0 Å². The molecule has 1 aliphatic heterocycles. The topological polar surface area (TPSA) is 64.4 Å². The summed E-state index contributed by atoms with van der Waals surface area (Å²) < 4.78 is 5.51. The van der Waals surface area contributed by atoms with Crippen molar-refractivity contribution in [3.05, 3.63) is 0 Å². The lowest BCUT2D eigenvalue weighted by Gasteiger charge is -2.36. The zero-order valence-electron chi connectivity index (χ0n) is 12.1. The van der Waals surface area contributed by atoms with E-state index in [0.717, 1.165) is 32.5 Å². The summed E-state index contributed by atoms with van der Waals surface area (Å²) in [5, 5.41) is 3.02. The van der Waals surface area contributed by atoms with Crippen molar-refractivity contribution in [3.63, 3.8) is 0 Å². The Morgan fingerprint density at radius 3 is 2.53 bits per heavy atom. The van der Waals surface area contributed by atoms with Crippen molar-refractivity contribution >= 4 is 30.1 Å². The summed E-state index contributed by atoms with van der Waals surface area (Å²) in [4.78, 5) is 12.0. The molecule has 0 aromatic rings. The van der Waals surface area contributed by atoms with Crippen LogP contribution in [0.25, 0.3) is 0 Å². The van der Waals surface area contributed by atoms with Crippen LogP contribution in [0.2, 0.25) is 0 Å². The van der Waals surface area contributed by atoms with Crippen LogP contribution in [0.15, 0.2) is 0 Å². The lowest BCUT2D eigenvalue weighted by Crippen LogP contribution is -2.50. The molecule has 0 saturated carbocycles. The Labute approximate surface area is 127 Å². The molecule has 0 spiro atoms. The first-order valence-corrected chi connectivity index (χ1v) is 7.93. The predicted molar refractivity (Wildman–Crippen MR) is 84.0 cm³/mol. The van der Waals surface area contributed by atoms with Gasteiger partial charge in [-0.25, -0.2) is 0 Å². The van der Waals surface area contributed by atoms with Gasteiger partial charge < -0.3 is 15.8 Å². The van der Waals surface area contributed by atoms with Gasteiger partial charge in [-0.1, -0.05) is 20.3 Å². The van der Waals surface area contributed by atoms with Crippen LogP contribution in [0, 0.1) is 5.92 Å². The van der Waals surface area contributed by atoms with E-state index < -0.39 is 6.04 Å². The first-order chi connectivity index (χ1) is 8.54. The molecule has 1 rings (SSSR count). The molecule has 1 heterocycles. The summed E-state index contributed by atoms with van der Waals surface area (Å²) in [5.41, 5.74) is 5.93. The van der Waals surface area contributed by atoms with Crippen LogP contribution in [0.5, 0.6) is 0 Å². The third-order valence-corrected chi connectivity index (χ3v) is 5.40.